The number of benzene rings is 1. The van der Waals surface area contributed by atoms with Crippen molar-refractivity contribution in [2.24, 2.45) is 0 Å². The van der Waals surface area contributed by atoms with Crippen LogP contribution in [0.3, 0.4) is 0 Å². The number of rotatable bonds is 4. The Morgan fingerprint density at radius 2 is 2.28 bits per heavy atom. The maximum Gasteiger partial charge on any atom is 0.236 e. The van der Waals surface area contributed by atoms with Crippen LogP contribution in [0.1, 0.15) is 21.5 Å². The third kappa shape index (κ3) is 2.70. The van der Waals surface area contributed by atoms with Gasteiger partial charge in [0.15, 0.2) is 0 Å². The van der Waals surface area contributed by atoms with E-state index in [2.05, 4.69) is 21.0 Å². The predicted molar refractivity (Wildman–Crippen MR) is 68.2 cm³/mol. The standard InChI is InChI=1S/C12H11BrN2O3/c1-8-3-2-4-9(12(13)16)10(8)7-18-11-5-6-15(17)14-11/h2-6,17H,7H2,1H3. The van der Waals surface area contributed by atoms with Gasteiger partial charge in [-0.1, -0.05) is 23.3 Å². The Labute approximate surface area is 112 Å². The van der Waals surface area contributed by atoms with E-state index in [-0.39, 0.29) is 11.3 Å². The number of aromatic nitrogens is 2. The van der Waals surface area contributed by atoms with Crippen LogP contribution in [0.5, 0.6) is 5.88 Å². The van der Waals surface area contributed by atoms with Crippen molar-refractivity contribution in [3.8, 4) is 5.88 Å². The van der Waals surface area contributed by atoms with Crippen molar-refractivity contribution >= 4 is 20.6 Å². The molecule has 0 unspecified atom stereocenters. The summed E-state index contributed by atoms with van der Waals surface area (Å²) < 4.78 is 5.24. The molecule has 0 bridgehead atoms. The van der Waals surface area contributed by atoms with Gasteiger partial charge in [-0.2, -0.15) is 0 Å². The second-order valence-electron chi connectivity index (χ2n) is 3.74. The van der Waals surface area contributed by atoms with Gasteiger partial charge in [-0.3, -0.25) is 4.79 Å². The van der Waals surface area contributed by atoms with Crippen molar-refractivity contribution in [3.63, 3.8) is 0 Å². The molecule has 1 aromatic carbocycles. The summed E-state index contributed by atoms with van der Waals surface area (Å²) in [5, 5.41) is 12.7. The van der Waals surface area contributed by atoms with Crippen LogP contribution in [-0.4, -0.2) is 19.8 Å². The van der Waals surface area contributed by atoms with Crippen LogP contribution >= 0.6 is 15.9 Å². The minimum atomic E-state index is -0.183. The molecule has 0 spiro atoms. The van der Waals surface area contributed by atoms with E-state index in [1.807, 2.05) is 19.1 Å². The molecule has 2 rings (SSSR count). The molecule has 0 aliphatic heterocycles. The summed E-state index contributed by atoms with van der Waals surface area (Å²) >= 11 is 2.94. The van der Waals surface area contributed by atoms with Crippen molar-refractivity contribution in [2.45, 2.75) is 13.5 Å². The smallest absolute Gasteiger partial charge is 0.236 e. The Balaban J connectivity index is 2.20. The van der Waals surface area contributed by atoms with Crippen LogP contribution in [0, 0.1) is 6.92 Å². The van der Waals surface area contributed by atoms with Gasteiger partial charge < -0.3 is 9.94 Å². The van der Waals surface area contributed by atoms with Gasteiger partial charge in [0.25, 0.3) is 0 Å². The van der Waals surface area contributed by atoms with E-state index in [0.29, 0.717) is 16.3 Å². The maximum atomic E-state index is 11.4. The number of carbonyl (C=O) groups is 1. The fourth-order valence-electron chi connectivity index (χ4n) is 1.60. The molecule has 18 heavy (non-hydrogen) atoms. The predicted octanol–water partition coefficient (Wildman–Crippen LogP) is 2.54. The Kier molecular flexibility index (Phi) is 3.66. The number of hydrogen-bond acceptors (Lipinski definition) is 4. The molecule has 0 saturated heterocycles. The molecular formula is C12H11BrN2O3. The first-order chi connectivity index (χ1) is 8.58. The van der Waals surface area contributed by atoms with Gasteiger partial charge in [-0.15, -0.1) is 4.85 Å². The molecule has 1 N–H and O–H groups in total. The molecule has 1 heterocycles. The highest BCUT2D eigenvalue weighted by molar-refractivity contribution is 9.18. The number of hydrogen-bond donors (Lipinski definition) is 1. The van der Waals surface area contributed by atoms with Crippen LogP contribution in [0.2, 0.25) is 0 Å². The molecule has 0 saturated carbocycles. The van der Waals surface area contributed by atoms with E-state index < -0.39 is 0 Å². The van der Waals surface area contributed by atoms with Gasteiger partial charge >= 0.3 is 0 Å². The van der Waals surface area contributed by atoms with E-state index in [0.717, 1.165) is 11.1 Å². The van der Waals surface area contributed by atoms with Crippen LogP contribution < -0.4 is 4.74 Å². The van der Waals surface area contributed by atoms with Crippen molar-refractivity contribution in [1.29, 1.82) is 0 Å². The fourth-order valence-corrected chi connectivity index (χ4v) is 1.97. The molecule has 2 aromatic rings. The number of ether oxygens (including phenoxy) is 1. The Morgan fingerprint density at radius 1 is 1.50 bits per heavy atom. The highest BCUT2D eigenvalue weighted by Gasteiger charge is 2.11. The Hall–Kier alpha value is -1.82. The van der Waals surface area contributed by atoms with Crippen LogP contribution in [0.4, 0.5) is 0 Å². The fraction of sp³-hybridized carbons (Fsp3) is 0.167. The molecule has 1 aromatic heterocycles. The lowest BCUT2D eigenvalue weighted by molar-refractivity contribution is 0.109. The van der Waals surface area contributed by atoms with E-state index in [9.17, 15) is 4.79 Å². The van der Waals surface area contributed by atoms with Crippen molar-refractivity contribution in [3.05, 3.63) is 47.2 Å². The summed E-state index contributed by atoms with van der Waals surface area (Å²) in [6, 6.07) is 6.99. The van der Waals surface area contributed by atoms with Gasteiger partial charge in [0.1, 0.15) is 6.61 Å². The minimum absolute atomic E-state index is 0.183. The second-order valence-corrected chi connectivity index (χ2v) is 4.46. The van der Waals surface area contributed by atoms with Crippen molar-refractivity contribution in [2.75, 3.05) is 0 Å². The summed E-state index contributed by atoms with van der Waals surface area (Å²) in [6.45, 7) is 2.12. The number of carbonyl (C=O) groups excluding carboxylic acids is 1. The molecule has 0 atom stereocenters. The molecule has 0 amide bonds. The normalized spacial score (nSPS) is 10.3. The molecular weight excluding hydrogens is 300 g/mol. The zero-order chi connectivity index (χ0) is 13.1. The van der Waals surface area contributed by atoms with Gasteiger partial charge in [-0.05, 0) is 28.4 Å². The zero-order valence-electron chi connectivity index (χ0n) is 9.63. The first kappa shape index (κ1) is 12.6. The average molecular weight is 311 g/mol. The monoisotopic (exact) mass is 310 g/mol. The van der Waals surface area contributed by atoms with Crippen molar-refractivity contribution < 1.29 is 14.7 Å². The Morgan fingerprint density at radius 3 is 2.89 bits per heavy atom. The molecule has 5 nitrogen and oxygen atoms in total. The third-order valence-electron chi connectivity index (χ3n) is 2.54. The molecule has 0 aliphatic carbocycles. The quantitative estimate of drug-likeness (QED) is 0.696. The first-order valence-electron chi connectivity index (χ1n) is 5.24. The van der Waals surface area contributed by atoms with E-state index >= 15 is 0 Å². The molecule has 6 heteroatoms. The lowest BCUT2D eigenvalue weighted by Gasteiger charge is -2.10. The first-order valence-corrected chi connectivity index (χ1v) is 6.03. The van der Waals surface area contributed by atoms with Gasteiger partial charge in [0.05, 0.1) is 6.20 Å². The summed E-state index contributed by atoms with van der Waals surface area (Å²) in [5.74, 6) is 0.300. The van der Waals surface area contributed by atoms with Gasteiger partial charge in [-0.25, -0.2) is 0 Å². The lowest BCUT2D eigenvalue weighted by Crippen LogP contribution is -2.05. The molecule has 0 aliphatic rings. The van der Waals surface area contributed by atoms with Crippen LogP contribution in [-0.2, 0) is 6.61 Å². The highest BCUT2D eigenvalue weighted by Crippen LogP contribution is 2.19. The summed E-state index contributed by atoms with van der Waals surface area (Å²) in [6.07, 6.45) is 1.36. The number of nitrogens with zero attached hydrogens (tertiary/aromatic N) is 2. The lowest BCUT2D eigenvalue weighted by atomic mass is 10.0. The Bertz CT molecular complexity index is 580. The minimum Gasteiger partial charge on any atom is -0.472 e. The van der Waals surface area contributed by atoms with Gasteiger partial charge in [0.2, 0.25) is 10.6 Å². The molecule has 0 radical (unpaired) electrons. The SMILES string of the molecule is Cc1cccc(C(=O)Br)c1COc1ccn(O)n1. The summed E-state index contributed by atoms with van der Waals surface area (Å²) in [4.78, 5) is 12.1. The van der Waals surface area contributed by atoms with Gasteiger partial charge in [0, 0.05) is 17.2 Å². The van der Waals surface area contributed by atoms with Crippen LogP contribution in [0.15, 0.2) is 30.5 Å². The average Bonchev–Trinajstić information content (AvgIpc) is 2.73. The largest absolute Gasteiger partial charge is 0.472 e. The van der Waals surface area contributed by atoms with Crippen molar-refractivity contribution in [1.82, 2.24) is 9.94 Å². The third-order valence-corrected chi connectivity index (χ3v) is 2.97. The van der Waals surface area contributed by atoms with E-state index in [4.69, 9.17) is 9.94 Å². The number of halogens is 1. The highest BCUT2D eigenvalue weighted by atomic mass is 79.9. The summed E-state index contributed by atoms with van der Waals surface area (Å²) in [7, 11) is 0. The topological polar surface area (TPSA) is 64.3 Å². The summed E-state index contributed by atoms with van der Waals surface area (Å²) in [5.41, 5.74) is 2.33. The zero-order valence-corrected chi connectivity index (χ0v) is 11.2. The number of aryl methyl sites for hydroxylation is 1. The second kappa shape index (κ2) is 5.22. The molecule has 94 valence electrons. The molecule has 0 fully saturated rings. The van der Waals surface area contributed by atoms with Crippen LogP contribution in [0.25, 0.3) is 0 Å². The van der Waals surface area contributed by atoms with E-state index in [1.54, 1.807) is 6.07 Å². The maximum absolute atomic E-state index is 11.4. The van der Waals surface area contributed by atoms with E-state index in [1.165, 1.54) is 12.3 Å².